The van der Waals surface area contributed by atoms with E-state index in [2.05, 4.69) is 30.6 Å². The summed E-state index contributed by atoms with van der Waals surface area (Å²) in [6, 6.07) is 0. The molecule has 0 fully saturated rings. The van der Waals surface area contributed by atoms with Gasteiger partial charge in [-0.2, -0.15) is 0 Å². The second kappa shape index (κ2) is 55.2. The first-order valence-electron chi connectivity index (χ1n) is 29.5. The van der Waals surface area contributed by atoms with E-state index in [0.717, 1.165) is 155 Å². The standard InChI is InChI=1S/C58H114N2O7/c1-4-7-10-13-16-19-22-25-39-53-65-56(62)43-31-28-34-46-59(47-35-29-32-44-57(63)66-54-40-26-23-20-17-14-11-8-5-2)50-42-51-60(49-37-38-52-61)48-36-30-33-45-58(64)67-55-41-27-24-21-18-15-12-9-6-3/h61H,4-55H2,1-3H3. The van der Waals surface area contributed by atoms with E-state index >= 15 is 0 Å². The fourth-order valence-corrected chi connectivity index (χ4v) is 8.99. The second-order valence-corrected chi connectivity index (χ2v) is 20.0. The van der Waals surface area contributed by atoms with Crippen LogP contribution in [-0.4, -0.2) is 98.5 Å². The lowest BCUT2D eigenvalue weighted by molar-refractivity contribution is -0.144. The third-order valence-corrected chi connectivity index (χ3v) is 13.4. The first-order valence-corrected chi connectivity index (χ1v) is 29.5. The molecule has 0 heterocycles. The molecule has 9 nitrogen and oxygen atoms in total. The van der Waals surface area contributed by atoms with E-state index < -0.39 is 0 Å². The quantitative estimate of drug-likeness (QED) is 0.0362. The molecule has 0 radical (unpaired) electrons. The maximum atomic E-state index is 12.4. The van der Waals surface area contributed by atoms with Crippen LogP contribution in [0.2, 0.25) is 0 Å². The van der Waals surface area contributed by atoms with Crippen molar-refractivity contribution in [3.05, 3.63) is 0 Å². The van der Waals surface area contributed by atoms with Gasteiger partial charge >= 0.3 is 17.9 Å². The Morgan fingerprint density at radius 1 is 0.284 bits per heavy atom. The molecule has 0 spiro atoms. The van der Waals surface area contributed by atoms with Crippen molar-refractivity contribution in [1.82, 2.24) is 9.80 Å². The van der Waals surface area contributed by atoms with Gasteiger partial charge in [0.1, 0.15) is 0 Å². The Labute approximate surface area is 416 Å². The lowest BCUT2D eigenvalue weighted by Gasteiger charge is -2.26. The largest absolute Gasteiger partial charge is 0.466 e. The zero-order chi connectivity index (χ0) is 48.8. The van der Waals surface area contributed by atoms with Crippen molar-refractivity contribution in [3.63, 3.8) is 0 Å². The summed E-state index contributed by atoms with van der Waals surface area (Å²) in [5, 5.41) is 9.46. The van der Waals surface area contributed by atoms with Crippen molar-refractivity contribution in [1.29, 1.82) is 0 Å². The van der Waals surface area contributed by atoms with E-state index in [1.165, 1.54) is 135 Å². The van der Waals surface area contributed by atoms with Gasteiger partial charge in [0.25, 0.3) is 0 Å². The molecule has 0 rings (SSSR count). The van der Waals surface area contributed by atoms with E-state index in [1.54, 1.807) is 0 Å². The molecule has 0 saturated carbocycles. The third-order valence-electron chi connectivity index (χ3n) is 13.4. The Morgan fingerprint density at radius 2 is 0.507 bits per heavy atom. The molecule has 0 aliphatic heterocycles. The van der Waals surface area contributed by atoms with Crippen molar-refractivity contribution in [2.75, 3.05) is 65.7 Å². The van der Waals surface area contributed by atoms with Crippen molar-refractivity contribution < 1.29 is 33.7 Å². The Morgan fingerprint density at radius 3 is 0.776 bits per heavy atom. The summed E-state index contributed by atoms with van der Waals surface area (Å²) in [6.07, 6.45) is 47.4. The minimum absolute atomic E-state index is 0.0475. The molecule has 398 valence electrons. The minimum Gasteiger partial charge on any atom is -0.466 e. The van der Waals surface area contributed by atoms with Crippen LogP contribution in [0.5, 0.6) is 0 Å². The molecule has 0 saturated heterocycles. The van der Waals surface area contributed by atoms with Crippen LogP contribution >= 0.6 is 0 Å². The molecular weight excluding hydrogens is 837 g/mol. The number of carbonyl (C=O) groups is 3. The van der Waals surface area contributed by atoms with Crippen LogP contribution in [0.4, 0.5) is 0 Å². The number of carbonyl (C=O) groups excluding carboxylic acids is 3. The van der Waals surface area contributed by atoms with Crippen LogP contribution in [-0.2, 0) is 28.6 Å². The van der Waals surface area contributed by atoms with Crippen LogP contribution in [0.1, 0.15) is 290 Å². The van der Waals surface area contributed by atoms with Gasteiger partial charge in [-0.3, -0.25) is 14.4 Å². The predicted octanol–water partition coefficient (Wildman–Crippen LogP) is 15.7. The number of esters is 3. The van der Waals surface area contributed by atoms with Crippen LogP contribution in [0.3, 0.4) is 0 Å². The molecule has 0 amide bonds. The SMILES string of the molecule is CCCCCCCCCCCOC(=O)CCCCCN(CCCCO)CCCN(CCCCCC(=O)OCCCCCCCCCCC)CCCCCC(=O)OCCCCCCCCCCC. The number of nitrogens with zero attached hydrogens (tertiary/aromatic N) is 2. The summed E-state index contributed by atoms with van der Waals surface area (Å²) in [5.41, 5.74) is 0. The number of aliphatic hydroxyl groups excluding tert-OH is 1. The van der Waals surface area contributed by atoms with E-state index in [4.69, 9.17) is 14.2 Å². The average Bonchev–Trinajstić information content (AvgIpc) is 3.32. The van der Waals surface area contributed by atoms with Gasteiger partial charge in [0, 0.05) is 25.9 Å². The zero-order valence-electron chi connectivity index (χ0n) is 45.1. The van der Waals surface area contributed by atoms with Gasteiger partial charge in [-0.05, 0) is 116 Å². The van der Waals surface area contributed by atoms with Crippen LogP contribution in [0, 0.1) is 0 Å². The van der Waals surface area contributed by atoms with Crippen molar-refractivity contribution in [2.24, 2.45) is 0 Å². The highest BCUT2D eigenvalue weighted by Gasteiger charge is 2.11. The van der Waals surface area contributed by atoms with Gasteiger partial charge in [0.15, 0.2) is 0 Å². The summed E-state index contributed by atoms with van der Waals surface area (Å²) in [7, 11) is 0. The summed E-state index contributed by atoms with van der Waals surface area (Å²) >= 11 is 0. The number of hydrogen-bond donors (Lipinski definition) is 1. The molecule has 1 N–H and O–H groups in total. The highest BCUT2D eigenvalue weighted by atomic mass is 16.5. The molecule has 0 unspecified atom stereocenters. The first-order chi connectivity index (χ1) is 33.0. The van der Waals surface area contributed by atoms with Gasteiger partial charge in [-0.25, -0.2) is 0 Å². The third kappa shape index (κ3) is 52.0. The molecule has 0 aromatic rings. The summed E-state index contributed by atoms with van der Waals surface area (Å²) in [4.78, 5) is 42.3. The molecule has 0 atom stereocenters. The van der Waals surface area contributed by atoms with E-state index in [9.17, 15) is 19.5 Å². The molecule has 0 aliphatic carbocycles. The molecule has 0 aromatic heterocycles. The molecule has 0 bridgehead atoms. The van der Waals surface area contributed by atoms with E-state index in [-0.39, 0.29) is 24.5 Å². The monoisotopic (exact) mass is 951 g/mol. The Kier molecular flexibility index (Phi) is 53.8. The summed E-state index contributed by atoms with van der Waals surface area (Å²) in [5.74, 6) is -0.143. The summed E-state index contributed by atoms with van der Waals surface area (Å²) < 4.78 is 16.6. The smallest absolute Gasteiger partial charge is 0.305 e. The van der Waals surface area contributed by atoms with Gasteiger partial charge in [0.05, 0.1) is 19.8 Å². The highest BCUT2D eigenvalue weighted by molar-refractivity contribution is 5.69. The number of hydrogen-bond acceptors (Lipinski definition) is 9. The molecule has 9 heteroatoms. The first kappa shape index (κ1) is 65.3. The van der Waals surface area contributed by atoms with Gasteiger partial charge in [-0.1, -0.05) is 194 Å². The fourth-order valence-electron chi connectivity index (χ4n) is 8.99. The van der Waals surface area contributed by atoms with Crippen LogP contribution in [0.25, 0.3) is 0 Å². The maximum absolute atomic E-state index is 12.4. The van der Waals surface area contributed by atoms with Crippen LogP contribution < -0.4 is 0 Å². The van der Waals surface area contributed by atoms with E-state index in [0.29, 0.717) is 39.1 Å². The minimum atomic E-state index is -0.0481. The average molecular weight is 952 g/mol. The lowest BCUT2D eigenvalue weighted by Crippen LogP contribution is -2.32. The number of rotatable bonds is 56. The Balaban J connectivity index is 4.63. The van der Waals surface area contributed by atoms with E-state index in [1.807, 2.05) is 0 Å². The maximum Gasteiger partial charge on any atom is 0.305 e. The molecular formula is C58H114N2O7. The molecule has 0 aliphatic rings. The predicted molar refractivity (Wildman–Crippen MR) is 284 cm³/mol. The topological polar surface area (TPSA) is 106 Å². The fraction of sp³-hybridized carbons (Fsp3) is 0.948. The summed E-state index contributed by atoms with van der Waals surface area (Å²) in [6.45, 7) is 14.8. The van der Waals surface area contributed by atoms with Crippen molar-refractivity contribution in [3.8, 4) is 0 Å². The lowest BCUT2D eigenvalue weighted by atomic mass is 10.1. The van der Waals surface area contributed by atoms with Crippen molar-refractivity contribution in [2.45, 2.75) is 290 Å². The number of unbranched alkanes of at least 4 members (excludes halogenated alkanes) is 31. The van der Waals surface area contributed by atoms with Gasteiger partial charge < -0.3 is 29.1 Å². The second-order valence-electron chi connectivity index (χ2n) is 20.0. The van der Waals surface area contributed by atoms with Crippen LogP contribution in [0.15, 0.2) is 0 Å². The number of ether oxygens (including phenoxy) is 3. The molecule has 0 aromatic carbocycles. The zero-order valence-corrected chi connectivity index (χ0v) is 45.1. The molecule has 67 heavy (non-hydrogen) atoms. The van der Waals surface area contributed by atoms with Crippen molar-refractivity contribution >= 4 is 17.9 Å². The Bertz CT molecular complexity index is 983. The Hall–Kier alpha value is -1.71. The van der Waals surface area contributed by atoms with Gasteiger partial charge in [0.2, 0.25) is 0 Å². The highest BCUT2D eigenvalue weighted by Crippen LogP contribution is 2.14. The normalized spacial score (nSPS) is 11.6. The number of aliphatic hydroxyl groups is 1. The van der Waals surface area contributed by atoms with Gasteiger partial charge in [-0.15, -0.1) is 0 Å².